The van der Waals surface area contributed by atoms with Crippen LogP contribution < -0.4 is 10.1 Å². The van der Waals surface area contributed by atoms with E-state index in [1.54, 1.807) is 37.8 Å². The van der Waals surface area contributed by atoms with E-state index in [0.29, 0.717) is 28.6 Å². The zero-order chi connectivity index (χ0) is 18.4. The Morgan fingerprint density at radius 2 is 1.96 bits per heavy atom. The smallest absolute Gasteiger partial charge is 0.141 e. The predicted molar refractivity (Wildman–Crippen MR) is 100 cm³/mol. The second kappa shape index (κ2) is 5.91. The molecule has 0 spiro atoms. The monoisotopic (exact) mass is 359 g/mol. The molecular formula is C20H14FN5O. The molecule has 27 heavy (non-hydrogen) atoms. The molecule has 0 radical (unpaired) electrons. The van der Waals surface area contributed by atoms with E-state index in [0.717, 1.165) is 22.5 Å². The van der Waals surface area contributed by atoms with Gasteiger partial charge in [-0.1, -0.05) is 0 Å². The molecule has 1 aromatic carbocycles. The summed E-state index contributed by atoms with van der Waals surface area (Å²) in [5.41, 5.74) is 4.35. The topological polar surface area (TPSA) is 75.7 Å². The number of benzene rings is 1. The lowest BCUT2D eigenvalue weighted by Gasteiger charge is -2.08. The van der Waals surface area contributed by atoms with Crippen molar-refractivity contribution < 1.29 is 9.13 Å². The minimum Gasteiger partial charge on any atom is -0.497 e. The number of H-pyrrole nitrogens is 1. The van der Waals surface area contributed by atoms with Gasteiger partial charge in [-0.25, -0.2) is 14.4 Å². The molecule has 0 saturated heterocycles. The second-order valence-electron chi connectivity index (χ2n) is 6.10. The fraction of sp³-hybridized carbons (Fsp3) is 0.0500. The van der Waals surface area contributed by atoms with Gasteiger partial charge in [-0.3, -0.25) is 4.98 Å². The maximum absolute atomic E-state index is 14.5. The van der Waals surface area contributed by atoms with E-state index in [1.165, 1.54) is 6.07 Å². The van der Waals surface area contributed by atoms with Gasteiger partial charge in [0.1, 0.15) is 28.9 Å². The normalized spacial score (nSPS) is 11.6. The van der Waals surface area contributed by atoms with Crippen molar-refractivity contribution in [3.8, 4) is 39.7 Å². The quantitative estimate of drug-likeness (QED) is 0.488. The number of halogens is 1. The minimum absolute atomic E-state index is 0.344. The van der Waals surface area contributed by atoms with E-state index < -0.39 is 0 Å². The zero-order valence-electron chi connectivity index (χ0n) is 14.3. The van der Waals surface area contributed by atoms with Crippen LogP contribution in [0.3, 0.4) is 0 Å². The van der Waals surface area contributed by atoms with E-state index in [2.05, 4.69) is 20.3 Å². The Morgan fingerprint density at radius 1 is 1.04 bits per heavy atom. The molecule has 0 saturated carbocycles. The highest BCUT2D eigenvalue weighted by atomic mass is 19.1. The van der Waals surface area contributed by atoms with Gasteiger partial charge >= 0.3 is 0 Å². The molecule has 1 aliphatic heterocycles. The molecule has 2 N–H and O–H groups in total. The van der Waals surface area contributed by atoms with Crippen LogP contribution in [0.25, 0.3) is 33.9 Å². The third-order valence-electron chi connectivity index (χ3n) is 4.54. The number of aromatic amines is 1. The summed E-state index contributed by atoms with van der Waals surface area (Å²) in [5.74, 6) is 1.29. The van der Waals surface area contributed by atoms with E-state index in [9.17, 15) is 4.39 Å². The van der Waals surface area contributed by atoms with Crippen LogP contribution in [0.5, 0.6) is 5.75 Å². The first-order chi connectivity index (χ1) is 13.2. The highest BCUT2D eigenvalue weighted by Gasteiger charge is 2.24. The molecule has 0 fully saturated rings. The van der Waals surface area contributed by atoms with Gasteiger partial charge < -0.3 is 15.0 Å². The highest BCUT2D eigenvalue weighted by molar-refractivity contribution is 5.95. The predicted octanol–water partition coefficient (Wildman–Crippen LogP) is 4.41. The summed E-state index contributed by atoms with van der Waals surface area (Å²) < 4.78 is 19.7. The van der Waals surface area contributed by atoms with Gasteiger partial charge in [-0.05, 0) is 36.4 Å². The van der Waals surface area contributed by atoms with Gasteiger partial charge in [0.05, 0.1) is 30.3 Å². The summed E-state index contributed by atoms with van der Waals surface area (Å²) in [6, 6.07) is 10.2. The summed E-state index contributed by atoms with van der Waals surface area (Å²) in [7, 11) is 1.55. The van der Waals surface area contributed by atoms with Crippen molar-refractivity contribution in [1.29, 1.82) is 0 Å². The molecule has 0 amide bonds. The van der Waals surface area contributed by atoms with E-state index in [4.69, 9.17) is 9.72 Å². The van der Waals surface area contributed by atoms with Gasteiger partial charge in [-0.15, -0.1) is 0 Å². The average molecular weight is 359 g/mol. The summed E-state index contributed by atoms with van der Waals surface area (Å²) in [4.78, 5) is 16.6. The number of nitrogens with one attached hydrogen (secondary N) is 2. The van der Waals surface area contributed by atoms with Gasteiger partial charge in [0.25, 0.3) is 0 Å². The van der Waals surface area contributed by atoms with Crippen LogP contribution in [0, 0.1) is 5.82 Å². The van der Waals surface area contributed by atoms with Crippen molar-refractivity contribution in [1.82, 2.24) is 19.9 Å². The highest BCUT2D eigenvalue weighted by Crippen LogP contribution is 2.43. The third kappa shape index (κ3) is 2.43. The van der Waals surface area contributed by atoms with Crippen molar-refractivity contribution >= 4 is 11.5 Å². The van der Waals surface area contributed by atoms with Crippen LogP contribution in [0.2, 0.25) is 0 Å². The zero-order valence-corrected chi connectivity index (χ0v) is 14.3. The number of aromatic nitrogens is 4. The maximum atomic E-state index is 14.5. The first-order valence-electron chi connectivity index (χ1n) is 8.35. The molecule has 132 valence electrons. The number of ether oxygens (including phenoxy) is 1. The van der Waals surface area contributed by atoms with Crippen LogP contribution in [-0.4, -0.2) is 27.0 Å². The van der Waals surface area contributed by atoms with E-state index in [1.807, 2.05) is 18.2 Å². The molecule has 0 atom stereocenters. The first kappa shape index (κ1) is 15.5. The van der Waals surface area contributed by atoms with Crippen molar-refractivity contribution in [2.75, 3.05) is 12.4 Å². The largest absolute Gasteiger partial charge is 0.497 e. The summed E-state index contributed by atoms with van der Waals surface area (Å²) >= 11 is 0. The van der Waals surface area contributed by atoms with Crippen molar-refractivity contribution in [3.05, 3.63) is 60.8 Å². The fourth-order valence-corrected chi connectivity index (χ4v) is 3.24. The number of anilines is 2. The van der Waals surface area contributed by atoms with E-state index >= 15 is 0 Å². The lowest BCUT2D eigenvalue weighted by molar-refractivity contribution is 0.414. The number of imidazole rings is 1. The third-order valence-corrected chi connectivity index (χ3v) is 4.54. The van der Waals surface area contributed by atoms with Crippen molar-refractivity contribution in [3.63, 3.8) is 0 Å². The standard InChI is InChI=1S/C20H14FN5O/c1-27-11-4-5-15(21)14(9-11)20-25-17-12-6-8-22-10-16(12)24-19-13(18(17)26-20)3-2-7-23-19/h2-10H,1H3,(H,23,24)(H,25,26). The Balaban J connectivity index is 1.79. The lowest BCUT2D eigenvalue weighted by Crippen LogP contribution is -1.96. The van der Waals surface area contributed by atoms with Gasteiger partial charge in [-0.2, -0.15) is 0 Å². The van der Waals surface area contributed by atoms with Gasteiger partial charge in [0.2, 0.25) is 0 Å². The Kier molecular flexibility index (Phi) is 3.39. The number of methoxy groups -OCH3 is 1. The number of hydrogen-bond acceptors (Lipinski definition) is 5. The first-order valence-corrected chi connectivity index (χ1v) is 8.35. The molecule has 0 unspecified atom stereocenters. The Labute approximate surface area is 154 Å². The molecular weight excluding hydrogens is 345 g/mol. The number of nitrogens with zero attached hydrogens (tertiary/aromatic N) is 3. The summed E-state index contributed by atoms with van der Waals surface area (Å²) in [6.45, 7) is 0. The molecule has 7 heteroatoms. The second-order valence-corrected chi connectivity index (χ2v) is 6.10. The van der Waals surface area contributed by atoms with Crippen LogP contribution in [0.1, 0.15) is 0 Å². The minimum atomic E-state index is -0.376. The molecule has 1 aliphatic rings. The maximum Gasteiger partial charge on any atom is 0.141 e. The summed E-state index contributed by atoms with van der Waals surface area (Å²) in [5, 5.41) is 3.30. The van der Waals surface area contributed by atoms with Gasteiger partial charge in [0.15, 0.2) is 0 Å². The number of pyridine rings is 2. The van der Waals surface area contributed by atoms with Crippen LogP contribution in [0.4, 0.5) is 15.9 Å². The number of fused-ring (bicyclic) bond motifs is 5. The molecule has 6 nitrogen and oxygen atoms in total. The Hall–Kier alpha value is -3.74. The van der Waals surface area contributed by atoms with Crippen LogP contribution in [-0.2, 0) is 0 Å². The fourth-order valence-electron chi connectivity index (χ4n) is 3.24. The van der Waals surface area contributed by atoms with Crippen LogP contribution in [0.15, 0.2) is 55.0 Å². The van der Waals surface area contributed by atoms with Crippen LogP contribution >= 0.6 is 0 Å². The van der Waals surface area contributed by atoms with Crippen molar-refractivity contribution in [2.45, 2.75) is 0 Å². The SMILES string of the molecule is COc1ccc(F)c(-c2nc3c([nH]2)-c2ccncc2Nc2ncccc2-3)c1. The number of rotatable bonds is 2. The Morgan fingerprint density at radius 3 is 2.85 bits per heavy atom. The number of hydrogen-bond donors (Lipinski definition) is 2. The van der Waals surface area contributed by atoms with Gasteiger partial charge in [0, 0.05) is 23.5 Å². The van der Waals surface area contributed by atoms with E-state index in [-0.39, 0.29) is 5.82 Å². The molecule has 4 heterocycles. The average Bonchev–Trinajstić information content (AvgIpc) is 3.09. The van der Waals surface area contributed by atoms with Crippen molar-refractivity contribution in [2.24, 2.45) is 0 Å². The molecule has 4 aromatic rings. The lowest BCUT2D eigenvalue weighted by atomic mass is 10.1. The molecule has 0 bridgehead atoms. The molecule has 5 rings (SSSR count). The Bertz CT molecular complexity index is 1110. The summed E-state index contributed by atoms with van der Waals surface area (Å²) in [6.07, 6.45) is 5.15. The molecule has 3 aromatic heterocycles. The molecule has 0 aliphatic carbocycles.